The van der Waals surface area contributed by atoms with Gasteiger partial charge in [0.1, 0.15) is 17.3 Å². The maximum atomic E-state index is 14.5. The summed E-state index contributed by atoms with van der Waals surface area (Å²) in [5.41, 5.74) is 3.14. The molecule has 6 nitrogen and oxygen atoms in total. The quantitative estimate of drug-likeness (QED) is 0.561. The van der Waals surface area contributed by atoms with E-state index >= 15 is 0 Å². The number of anilines is 1. The highest BCUT2D eigenvalue weighted by atomic mass is 19.1. The molecular formula is C22H17F2N5O. The molecule has 0 aliphatic heterocycles. The van der Waals surface area contributed by atoms with Gasteiger partial charge >= 0.3 is 0 Å². The van der Waals surface area contributed by atoms with Gasteiger partial charge in [-0.25, -0.2) is 8.78 Å². The van der Waals surface area contributed by atoms with Gasteiger partial charge < -0.3 is 9.88 Å². The van der Waals surface area contributed by atoms with Crippen LogP contribution in [0.25, 0.3) is 16.8 Å². The Morgan fingerprint density at radius 3 is 2.53 bits per heavy atom. The van der Waals surface area contributed by atoms with Crippen molar-refractivity contribution in [2.75, 3.05) is 5.32 Å². The second-order valence-corrected chi connectivity index (χ2v) is 6.90. The second kappa shape index (κ2) is 7.44. The van der Waals surface area contributed by atoms with E-state index < -0.39 is 11.6 Å². The molecule has 0 amide bonds. The molecule has 0 radical (unpaired) electrons. The second-order valence-electron chi connectivity index (χ2n) is 6.90. The van der Waals surface area contributed by atoms with E-state index in [9.17, 15) is 13.6 Å². The molecule has 0 unspecified atom stereocenters. The predicted molar refractivity (Wildman–Crippen MR) is 109 cm³/mol. The van der Waals surface area contributed by atoms with Crippen molar-refractivity contribution in [1.29, 1.82) is 5.26 Å². The Hall–Kier alpha value is -3.99. The van der Waals surface area contributed by atoms with Crippen LogP contribution in [0.1, 0.15) is 17.0 Å². The monoisotopic (exact) mass is 405 g/mol. The average Bonchev–Trinajstić information content (AvgIpc) is 3.08. The Morgan fingerprint density at radius 2 is 1.87 bits per heavy atom. The highest BCUT2D eigenvalue weighted by molar-refractivity contribution is 5.80. The van der Waals surface area contributed by atoms with Gasteiger partial charge in [0.15, 0.2) is 0 Å². The smallest absolute Gasteiger partial charge is 0.274 e. The van der Waals surface area contributed by atoms with Crippen LogP contribution >= 0.6 is 0 Å². The van der Waals surface area contributed by atoms with E-state index in [2.05, 4.69) is 16.5 Å². The van der Waals surface area contributed by atoms with E-state index in [1.54, 1.807) is 42.8 Å². The van der Waals surface area contributed by atoms with E-state index in [0.29, 0.717) is 34.7 Å². The van der Waals surface area contributed by atoms with Crippen LogP contribution in [0, 0.1) is 29.9 Å². The lowest BCUT2D eigenvalue weighted by atomic mass is 10.1. The number of halogens is 2. The molecule has 30 heavy (non-hydrogen) atoms. The first-order valence-corrected chi connectivity index (χ1v) is 9.16. The topological polar surface area (TPSA) is 75.1 Å². The Kier molecular flexibility index (Phi) is 4.80. The number of aryl methyl sites for hydroxylation is 2. The third kappa shape index (κ3) is 3.31. The van der Waals surface area contributed by atoms with E-state index in [1.165, 1.54) is 22.7 Å². The zero-order valence-corrected chi connectivity index (χ0v) is 16.3. The first kappa shape index (κ1) is 19.3. The number of nitrogens with one attached hydrogen (secondary N) is 1. The summed E-state index contributed by atoms with van der Waals surface area (Å²) in [5, 5.41) is 16.4. The molecule has 0 aliphatic rings. The van der Waals surface area contributed by atoms with Gasteiger partial charge in [-0.3, -0.25) is 4.79 Å². The van der Waals surface area contributed by atoms with Crippen molar-refractivity contribution in [2.45, 2.75) is 13.5 Å². The minimum atomic E-state index is -0.721. The Morgan fingerprint density at radius 1 is 1.13 bits per heavy atom. The van der Waals surface area contributed by atoms with Crippen LogP contribution in [0.2, 0.25) is 0 Å². The van der Waals surface area contributed by atoms with Crippen LogP contribution in [-0.2, 0) is 13.6 Å². The lowest BCUT2D eigenvalue weighted by Gasteiger charge is -2.14. The number of fused-ring (bicyclic) bond motifs is 1. The van der Waals surface area contributed by atoms with Crippen LogP contribution in [0.5, 0.6) is 0 Å². The summed E-state index contributed by atoms with van der Waals surface area (Å²) >= 11 is 0. The molecule has 0 saturated heterocycles. The van der Waals surface area contributed by atoms with Gasteiger partial charge in [-0.15, -0.1) is 0 Å². The van der Waals surface area contributed by atoms with Gasteiger partial charge in [0, 0.05) is 36.1 Å². The van der Waals surface area contributed by atoms with Crippen LogP contribution < -0.4 is 10.9 Å². The molecule has 0 atom stereocenters. The number of benzene rings is 2. The Labute approximate surface area is 170 Å². The van der Waals surface area contributed by atoms with E-state index in [4.69, 9.17) is 5.26 Å². The number of hydrogen-bond acceptors (Lipinski definition) is 4. The maximum absolute atomic E-state index is 14.5. The van der Waals surface area contributed by atoms with Crippen molar-refractivity contribution >= 4 is 11.3 Å². The normalized spacial score (nSPS) is 10.9. The van der Waals surface area contributed by atoms with Crippen molar-refractivity contribution < 1.29 is 8.78 Å². The number of nitriles is 1. The molecular weight excluding hydrogens is 388 g/mol. The number of rotatable bonds is 4. The first-order valence-electron chi connectivity index (χ1n) is 9.16. The minimum Gasteiger partial charge on any atom is -0.379 e. The van der Waals surface area contributed by atoms with Gasteiger partial charge in [-0.2, -0.15) is 14.9 Å². The fraction of sp³-hybridized carbons (Fsp3) is 0.136. The molecule has 0 saturated carbocycles. The molecule has 8 heteroatoms. The fourth-order valence-electron chi connectivity index (χ4n) is 3.45. The maximum Gasteiger partial charge on any atom is 0.274 e. The van der Waals surface area contributed by atoms with Crippen LogP contribution in [-0.4, -0.2) is 14.2 Å². The molecule has 1 N–H and O–H groups in total. The van der Waals surface area contributed by atoms with Crippen molar-refractivity contribution in [3.05, 3.63) is 87.5 Å². The van der Waals surface area contributed by atoms with Crippen molar-refractivity contribution in [3.63, 3.8) is 0 Å². The van der Waals surface area contributed by atoms with Gasteiger partial charge in [0.05, 0.1) is 29.4 Å². The lowest BCUT2D eigenvalue weighted by Crippen LogP contribution is -2.21. The predicted octanol–water partition coefficient (Wildman–Crippen LogP) is 3.77. The third-order valence-electron chi connectivity index (χ3n) is 4.97. The standard InChI is InChI=1S/C22H17F2N5O/c1-13-21(18-8-5-15(23)9-19(18)24)22-28(2)17(10-20(30)29(22)27-13)12-26-16-6-3-14(11-25)4-7-16/h3-10,26H,12H2,1-2H3. The summed E-state index contributed by atoms with van der Waals surface area (Å²) < 4.78 is 30.8. The number of hydrogen-bond donors (Lipinski definition) is 1. The van der Waals surface area contributed by atoms with E-state index in [1.807, 2.05) is 0 Å². The number of aromatic nitrogens is 3. The highest BCUT2D eigenvalue weighted by Crippen LogP contribution is 2.30. The van der Waals surface area contributed by atoms with Crippen LogP contribution in [0.4, 0.5) is 14.5 Å². The Balaban J connectivity index is 1.80. The number of nitrogens with zero attached hydrogens (tertiary/aromatic N) is 4. The molecule has 2 aromatic carbocycles. The van der Waals surface area contributed by atoms with Crippen molar-refractivity contribution in [3.8, 4) is 17.2 Å². The summed E-state index contributed by atoms with van der Waals surface area (Å²) in [6.45, 7) is 2.00. The fourth-order valence-corrected chi connectivity index (χ4v) is 3.45. The van der Waals surface area contributed by atoms with Crippen LogP contribution in [0.3, 0.4) is 0 Å². The summed E-state index contributed by atoms with van der Waals surface area (Å²) in [4.78, 5) is 12.7. The SMILES string of the molecule is Cc1nn2c(=O)cc(CNc3ccc(C#N)cc3)n(C)c2c1-c1ccc(F)cc1F. The molecule has 2 aromatic heterocycles. The Bertz CT molecular complexity index is 1360. The summed E-state index contributed by atoms with van der Waals surface area (Å²) in [6, 6.07) is 13.8. The zero-order valence-electron chi connectivity index (χ0n) is 16.3. The van der Waals surface area contributed by atoms with Gasteiger partial charge in [0.25, 0.3) is 5.56 Å². The van der Waals surface area contributed by atoms with Gasteiger partial charge in [-0.05, 0) is 43.3 Å². The summed E-state index contributed by atoms with van der Waals surface area (Å²) in [6.07, 6.45) is 0. The van der Waals surface area contributed by atoms with Gasteiger partial charge in [0.2, 0.25) is 0 Å². The average molecular weight is 405 g/mol. The molecule has 0 spiro atoms. The molecule has 0 fully saturated rings. The third-order valence-corrected chi connectivity index (χ3v) is 4.97. The van der Waals surface area contributed by atoms with E-state index in [-0.39, 0.29) is 11.1 Å². The molecule has 2 heterocycles. The van der Waals surface area contributed by atoms with Crippen molar-refractivity contribution in [2.24, 2.45) is 7.05 Å². The van der Waals surface area contributed by atoms with E-state index in [0.717, 1.165) is 11.8 Å². The zero-order chi connectivity index (χ0) is 21.4. The molecule has 150 valence electrons. The lowest BCUT2D eigenvalue weighted by molar-refractivity contribution is 0.585. The van der Waals surface area contributed by atoms with Crippen molar-refractivity contribution in [1.82, 2.24) is 14.2 Å². The first-order chi connectivity index (χ1) is 14.4. The molecule has 0 aliphatic carbocycles. The molecule has 4 rings (SSSR count). The van der Waals surface area contributed by atoms with Crippen LogP contribution in [0.15, 0.2) is 53.3 Å². The largest absolute Gasteiger partial charge is 0.379 e. The van der Waals surface area contributed by atoms with Gasteiger partial charge in [-0.1, -0.05) is 0 Å². The minimum absolute atomic E-state index is 0.177. The summed E-state index contributed by atoms with van der Waals surface area (Å²) in [7, 11) is 1.76. The molecule has 4 aromatic rings. The molecule has 0 bridgehead atoms. The summed E-state index contributed by atoms with van der Waals surface area (Å²) in [5.74, 6) is -1.40. The highest BCUT2D eigenvalue weighted by Gasteiger charge is 2.20.